The lowest BCUT2D eigenvalue weighted by atomic mass is 10.2. The number of hydrogen-bond donors (Lipinski definition) is 0. The van der Waals surface area contributed by atoms with Gasteiger partial charge in [0.25, 0.3) is 0 Å². The highest BCUT2D eigenvalue weighted by Gasteiger charge is 2.24. The number of Topliss-reactive ketones (excluding diaryl/α,β-unsaturated/α-hetero) is 1. The van der Waals surface area contributed by atoms with Crippen molar-refractivity contribution in [3.8, 4) is 0 Å². The minimum absolute atomic E-state index is 0.123. The smallest absolute Gasteiger partial charge is 0.410 e. The largest absolute Gasteiger partial charge is 0.449 e. The van der Waals surface area contributed by atoms with E-state index in [-0.39, 0.29) is 18.4 Å². The molecule has 4 heteroatoms. The van der Waals surface area contributed by atoms with Crippen LogP contribution in [0.4, 0.5) is 4.79 Å². The van der Waals surface area contributed by atoms with E-state index in [2.05, 4.69) is 6.92 Å². The molecule has 0 N–H and O–H groups in total. The maximum atomic E-state index is 11.4. The van der Waals surface area contributed by atoms with Crippen LogP contribution >= 0.6 is 0 Å². The van der Waals surface area contributed by atoms with Crippen LogP contribution in [0.25, 0.3) is 0 Å². The van der Waals surface area contributed by atoms with E-state index in [1.54, 1.807) is 0 Å². The highest BCUT2D eigenvalue weighted by Crippen LogP contribution is 2.07. The number of carbonyl (C=O) groups is 2. The molecule has 1 amide bonds. The predicted molar refractivity (Wildman–Crippen MR) is 56.7 cm³/mol. The Morgan fingerprint density at radius 1 is 1.40 bits per heavy atom. The van der Waals surface area contributed by atoms with E-state index in [1.165, 1.54) is 17.7 Å². The van der Waals surface area contributed by atoms with Crippen LogP contribution in [0.5, 0.6) is 0 Å². The van der Waals surface area contributed by atoms with E-state index in [1.807, 2.05) is 0 Å². The number of ketones is 1. The first-order valence-corrected chi connectivity index (χ1v) is 5.67. The number of hydrogen-bond acceptors (Lipinski definition) is 3. The maximum absolute atomic E-state index is 11.4. The summed E-state index contributed by atoms with van der Waals surface area (Å²) < 4.78 is 5.06. The summed E-state index contributed by atoms with van der Waals surface area (Å²) in [6.45, 7) is 3.37. The van der Waals surface area contributed by atoms with Gasteiger partial charge in [-0.05, 0) is 6.42 Å². The van der Waals surface area contributed by atoms with Crippen molar-refractivity contribution >= 4 is 11.9 Å². The molecule has 4 nitrogen and oxygen atoms in total. The van der Waals surface area contributed by atoms with Gasteiger partial charge in [-0.3, -0.25) is 4.79 Å². The van der Waals surface area contributed by atoms with Gasteiger partial charge in [-0.2, -0.15) is 0 Å². The molecule has 15 heavy (non-hydrogen) atoms. The second-order valence-corrected chi connectivity index (χ2v) is 3.89. The molecule has 1 saturated heterocycles. The molecule has 0 unspecified atom stereocenters. The number of rotatable bonds is 5. The van der Waals surface area contributed by atoms with Crippen LogP contribution in [0.3, 0.4) is 0 Å². The molecule has 0 aromatic carbocycles. The van der Waals surface area contributed by atoms with Gasteiger partial charge in [0.2, 0.25) is 0 Å². The molecule has 0 bridgehead atoms. The van der Waals surface area contributed by atoms with Gasteiger partial charge in [0.15, 0.2) is 5.78 Å². The summed E-state index contributed by atoms with van der Waals surface area (Å²) >= 11 is 0. The van der Waals surface area contributed by atoms with Crippen molar-refractivity contribution < 1.29 is 14.3 Å². The zero-order chi connectivity index (χ0) is 11.1. The molecular formula is C11H19NO3. The lowest BCUT2D eigenvalue weighted by Gasteiger charge is -2.13. The number of amides is 1. The predicted octanol–water partition coefficient (Wildman–Crippen LogP) is 1.98. The number of carbonyl (C=O) groups excluding carboxylic acids is 2. The van der Waals surface area contributed by atoms with Crippen molar-refractivity contribution in [3.63, 3.8) is 0 Å². The highest BCUT2D eigenvalue weighted by atomic mass is 16.6. The van der Waals surface area contributed by atoms with Crippen molar-refractivity contribution in [1.82, 2.24) is 4.90 Å². The summed E-state index contributed by atoms with van der Waals surface area (Å²) in [4.78, 5) is 23.8. The van der Waals surface area contributed by atoms with E-state index >= 15 is 0 Å². The molecule has 1 aliphatic rings. The minimum atomic E-state index is -0.336. The van der Waals surface area contributed by atoms with Crippen LogP contribution < -0.4 is 0 Å². The average Bonchev–Trinajstić information content (AvgIpc) is 2.64. The molecule has 0 aromatic heterocycles. The van der Waals surface area contributed by atoms with Gasteiger partial charge in [-0.25, -0.2) is 4.79 Å². The lowest BCUT2D eigenvalue weighted by Crippen LogP contribution is -2.29. The molecular weight excluding hydrogens is 194 g/mol. The molecule has 86 valence electrons. The third-order valence-electron chi connectivity index (χ3n) is 2.51. The van der Waals surface area contributed by atoms with Crippen molar-refractivity contribution in [2.45, 2.75) is 39.0 Å². The Morgan fingerprint density at radius 2 is 2.20 bits per heavy atom. The third kappa shape index (κ3) is 4.32. The van der Waals surface area contributed by atoms with Gasteiger partial charge in [-0.1, -0.05) is 26.2 Å². The molecule has 1 aliphatic heterocycles. The topological polar surface area (TPSA) is 46.6 Å². The molecule has 0 radical (unpaired) electrons. The minimum Gasteiger partial charge on any atom is -0.449 e. The number of ether oxygens (including phenoxy) is 1. The van der Waals surface area contributed by atoms with E-state index in [4.69, 9.17) is 4.74 Å². The van der Waals surface area contributed by atoms with Crippen LogP contribution in [-0.2, 0) is 9.53 Å². The Morgan fingerprint density at radius 3 is 2.80 bits per heavy atom. The summed E-state index contributed by atoms with van der Waals surface area (Å²) in [6.07, 6.45) is 4.51. The normalized spacial score (nSPS) is 15.8. The van der Waals surface area contributed by atoms with Gasteiger partial charge < -0.3 is 9.64 Å². The fourth-order valence-corrected chi connectivity index (χ4v) is 1.57. The molecule has 0 saturated carbocycles. The Labute approximate surface area is 90.6 Å². The van der Waals surface area contributed by atoms with Gasteiger partial charge in [-0.15, -0.1) is 0 Å². The fourth-order valence-electron chi connectivity index (χ4n) is 1.57. The third-order valence-corrected chi connectivity index (χ3v) is 2.51. The molecule has 0 aromatic rings. The second kappa shape index (κ2) is 6.43. The van der Waals surface area contributed by atoms with Crippen LogP contribution in [0.2, 0.25) is 0 Å². The van der Waals surface area contributed by atoms with Gasteiger partial charge in [0.05, 0.1) is 13.2 Å². The number of unbranched alkanes of at least 4 members (excludes halogenated alkanes) is 3. The average molecular weight is 213 g/mol. The first-order chi connectivity index (χ1) is 7.24. The van der Waals surface area contributed by atoms with Crippen LogP contribution in [0.15, 0.2) is 0 Å². The Kier molecular flexibility index (Phi) is 5.15. The summed E-state index contributed by atoms with van der Waals surface area (Å²) in [6, 6.07) is 0. The summed E-state index contributed by atoms with van der Waals surface area (Å²) in [5, 5.41) is 0. The SMILES string of the molecule is CCCCCCOC(=O)N1CCC(=O)C1. The van der Waals surface area contributed by atoms with E-state index in [9.17, 15) is 9.59 Å². The van der Waals surface area contributed by atoms with Crippen molar-refractivity contribution in [2.75, 3.05) is 19.7 Å². The molecule has 0 aliphatic carbocycles. The Bertz CT molecular complexity index is 228. The van der Waals surface area contributed by atoms with Gasteiger partial charge in [0.1, 0.15) is 0 Å². The monoisotopic (exact) mass is 213 g/mol. The standard InChI is InChI=1S/C11H19NO3/c1-2-3-4-5-8-15-11(14)12-7-6-10(13)9-12/h2-9H2,1H3. The van der Waals surface area contributed by atoms with Crippen molar-refractivity contribution in [2.24, 2.45) is 0 Å². The molecule has 1 heterocycles. The Hall–Kier alpha value is -1.06. The van der Waals surface area contributed by atoms with Crippen molar-refractivity contribution in [1.29, 1.82) is 0 Å². The van der Waals surface area contributed by atoms with E-state index < -0.39 is 0 Å². The number of likely N-dealkylation sites (tertiary alicyclic amines) is 1. The molecule has 1 fully saturated rings. The fraction of sp³-hybridized carbons (Fsp3) is 0.818. The van der Waals surface area contributed by atoms with Crippen molar-refractivity contribution in [3.05, 3.63) is 0 Å². The quantitative estimate of drug-likeness (QED) is 0.656. The second-order valence-electron chi connectivity index (χ2n) is 3.89. The summed E-state index contributed by atoms with van der Waals surface area (Å²) in [5.41, 5.74) is 0. The van der Waals surface area contributed by atoms with E-state index in [0.29, 0.717) is 19.6 Å². The van der Waals surface area contributed by atoms with Gasteiger partial charge >= 0.3 is 6.09 Å². The van der Waals surface area contributed by atoms with Crippen LogP contribution in [0, 0.1) is 0 Å². The molecule has 0 spiro atoms. The molecule has 0 atom stereocenters. The van der Waals surface area contributed by atoms with Crippen LogP contribution in [-0.4, -0.2) is 36.5 Å². The Balaban J connectivity index is 2.06. The molecule has 1 rings (SSSR count). The highest BCUT2D eigenvalue weighted by molar-refractivity contribution is 5.87. The first-order valence-electron chi connectivity index (χ1n) is 5.67. The maximum Gasteiger partial charge on any atom is 0.410 e. The number of nitrogens with zero attached hydrogens (tertiary/aromatic N) is 1. The van der Waals surface area contributed by atoms with Gasteiger partial charge in [0, 0.05) is 13.0 Å². The zero-order valence-corrected chi connectivity index (χ0v) is 9.33. The first kappa shape index (κ1) is 12.0. The van der Waals surface area contributed by atoms with E-state index in [0.717, 1.165) is 12.8 Å². The lowest BCUT2D eigenvalue weighted by molar-refractivity contribution is -0.116. The van der Waals surface area contributed by atoms with Crippen LogP contribution in [0.1, 0.15) is 39.0 Å². The summed E-state index contributed by atoms with van der Waals surface area (Å²) in [5.74, 6) is 0.123. The summed E-state index contributed by atoms with van der Waals surface area (Å²) in [7, 11) is 0. The zero-order valence-electron chi connectivity index (χ0n) is 9.33.